The molecule has 2 amide bonds. The van der Waals surface area contributed by atoms with Gasteiger partial charge in [-0.25, -0.2) is 9.37 Å². The summed E-state index contributed by atoms with van der Waals surface area (Å²) in [5, 5.41) is 2.79. The van der Waals surface area contributed by atoms with Crippen LogP contribution in [0.2, 0.25) is 0 Å². The first-order valence-electron chi connectivity index (χ1n) is 11.6. The number of carbonyl (C=O) groups is 2. The number of rotatable bonds is 10. The SMILES string of the molecule is CC[C@H](c1ccccc1)N(CC)C(=O)C[C@H](N)C(=O)N[C@@H](C)c1ncc(-c2ccccc2F)[nH]1. The molecule has 34 heavy (non-hydrogen) atoms. The molecule has 0 radical (unpaired) electrons. The first-order valence-corrected chi connectivity index (χ1v) is 11.6. The van der Waals surface area contributed by atoms with E-state index in [9.17, 15) is 14.0 Å². The van der Waals surface area contributed by atoms with Crippen molar-refractivity contribution >= 4 is 11.8 Å². The predicted molar refractivity (Wildman–Crippen MR) is 130 cm³/mol. The first-order chi connectivity index (χ1) is 16.3. The summed E-state index contributed by atoms with van der Waals surface area (Å²) in [5.41, 5.74) is 8.05. The van der Waals surface area contributed by atoms with Gasteiger partial charge < -0.3 is 20.9 Å². The minimum absolute atomic E-state index is 0.0761. The van der Waals surface area contributed by atoms with Crippen molar-refractivity contribution in [3.8, 4) is 11.3 Å². The average Bonchev–Trinajstić information content (AvgIpc) is 3.33. The number of imidazole rings is 1. The molecule has 2 aromatic carbocycles. The molecule has 0 saturated heterocycles. The summed E-state index contributed by atoms with van der Waals surface area (Å²) in [4.78, 5) is 34.8. The second-order valence-electron chi connectivity index (χ2n) is 8.22. The van der Waals surface area contributed by atoms with Crippen molar-refractivity contribution in [3.63, 3.8) is 0 Å². The standard InChI is InChI=1S/C26H32FN5O2/c1-4-23(18-11-7-6-8-12-18)32(5-2)24(33)15-21(28)26(34)30-17(3)25-29-16-22(31-25)19-13-9-10-14-20(19)27/h6-14,16-17,21,23H,4-5,15,28H2,1-3H3,(H,29,31)(H,30,34)/t17-,21-,23+/m0/s1. The van der Waals surface area contributed by atoms with E-state index in [2.05, 4.69) is 15.3 Å². The molecule has 1 heterocycles. The molecule has 0 aliphatic carbocycles. The van der Waals surface area contributed by atoms with Gasteiger partial charge in [0, 0.05) is 12.1 Å². The molecule has 3 atom stereocenters. The van der Waals surface area contributed by atoms with Crippen LogP contribution in [-0.4, -0.2) is 39.3 Å². The molecule has 1 aromatic heterocycles. The number of hydrogen-bond donors (Lipinski definition) is 3. The van der Waals surface area contributed by atoms with Crippen LogP contribution in [0.4, 0.5) is 4.39 Å². The third kappa shape index (κ3) is 5.88. The van der Waals surface area contributed by atoms with E-state index in [4.69, 9.17) is 5.73 Å². The van der Waals surface area contributed by atoms with E-state index in [1.807, 2.05) is 44.2 Å². The lowest BCUT2D eigenvalue weighted by Gasteiger charge is -2.31. The van der Waals surface area contributed by atoms with Gasteiger partial charge >= 0.3 is 0 Å². The van der Waals surface area contributed by atoms with E-state index in [1.54, 1.807) is 30.0 Å². The van der Waals surface area contributed by atoms with E-state index in [-0.39, 0.29) is 24.2 Å². The number of halogens is 1. The number of benzene rings is 2. The van der Waals surface area contributed by atoms with Gasteiger partial charge in [-0.3, -0.25) is 9.59 Å². The quantitative estimate of drug-likeness (QED) is 0.419. The highest BCUT2D eigenvalue weighted by Crippen LogP contribution is 2.25. The Hall–Kier alpha value is -3.52. The monoisotopic (exact) mass is 465 g/mol. The highest BCUT2D eigenvalue weighted by atomic mass is 19.1. The van der Waals surface area contributed by atoms with Gasteiger partial charge in [-0.15, -0.1) is 0 Å². The lowest BCUT2D eigenvalue weighted by Crippen LogP contribution is -2.46. The molecule has 7 nitrogen and oxygen atoms in total. The topological polar surface area (TPSA) is 104 Å². The fourth-order valence-electron chi connectivity index (χ4n) is 4.04. The smallest absolute Gasteiger partial charge is 0.238 e. The Labute approximate surface area is 199 Å². The van der Waals surface area contributed by atoms with E-state index < -0.39 is 18.0 Å². The predicted octanol–water partition coefficient (Wildman–Crippen LogP) is 4.11. The Kier molecular flexibility index (Phi) is 8.54. The number of aromatic amines is 1. The zero-order valence-electron chi connectivity index (χ0n) is 19.8. The van der Waals surface area contributed by atoms with Crippen molar-refractivity contribution < 1.29 is 14.0 Å². The van der Waals surface area contributed by atoms with Crippen molar-refractivity contribution in [2.45, 2.75) is 51.7 Å². The van der Waals surface area contributed by atoms with Crippen LogP contribution >= 0.6 is 0 Å². The zero-order valence-corrected chi connectivity index (χ0v) is 19.8. The van der Waals surface area contributed by atoms with Crippen LogP contribution in [-0.2, 0) is 9.59 Å². The Bertz CT molecular complexity index is 1100. The third-order valence-electron chi connectivity index (χ3n) is 5.87. The van der Waals surface area contributed by atoms with Crippen LogP contribution in [0, 0.1) is 5.82 Å². The maximum atomic E-state index is 14.0. The normalized spacial score (nSPS) is 13.7. The number of nitrogens with one attached hydrogen (secondary N) is 2. The number of nitrogens with two attached hydrogens (primary N) is 1. The summed E-state index contributed by atoms with van der Waals surface area (Å²) in [6, 6.07) is 14.6. The number of carbonyl (C=O) groups excluding carboxylic acids is 2. The van der Waals surface area contributed by atoms with Crippen LogP contribution in [0.5, 0.6) is 0 Å². The molecule has 0 aliphatic heterocycles. The number of H-pyrrole nitrogens is 1. The minimum Gasteiger partial charge on any atom is -0.345 e. The van der Waals surface area contributed by atoms with Crippen LogP contribution in [0.15, 0.2) is 60.8 Å². The maximum Gasteiger partial charge on any atom is 0.238 e. The first kappa shape index (κ1) is 25.1. The van der Waals surface area contributed by atoms with E-state index >= 15 is 0 Å². The van der Waals surface area contributed by atoms with Crippen LogP contribution in [0.25, 0.3) is 11.3 Å². The zero-order chi connectivity index (χ0) is 24.7. The highest BCUT2D eigenvalue weighted by molar-refractivity contribution is 5.88. The van der Waals surface area contributed by atoms with Crippen molar-refractivity contribution in [1.29, 1.82) is 0 Å². The van der Waals surface area contributed by atoms with Gasteiger partial charge in [0.05, 0.1) is 36.4 Å². The van der Waals surface area contributed by atoms with Crippen molar-refractivity contribution in [3.05, 3.63) is 78.0 Å². The van der Waals surface area contributed by atoms with Gasteiger partial charge in [0.15, 0.2) is 0 Å². The fraction of sp³-hybridized carbons (Fsp3) is 0.346. The highest BCUT2D eigenvalue weighted by Gasteiger charge is 2.27. The van der Waals surface area contributed by atoms with E-state index in [1.165, 1.54) is 12.3 Å². The van der Waals surface area contributed by atoms with Crippen molar-refractivity contribution in [2.24, 2.45) is 5.73 Å². The molecular weight excluding hydrogens is 433 g/mol. The van der Waals surface area contributed by atoms with E-state index in [0.717, 1.165) is 12.0 Å². The molecule has 0 saturated carbocycles. The summed E-state index contributed by atoms with van der Waals surface area (Å²) >= 11 is 0. The Morgan fingerprint density at radius 3 is 2.44 bits per heavy atom. The summed E-state index contributed by atoms with van der Waals surface area (Å²) in [6.45, 7) is 6.21. The van der Waals surface area contributed by atoms with Gasteiger partial charge in [-0.05, 0) is 38.0 Å². The van der Waals surface area contributed by atoms with Gasteiger partial charge in [0.25, 0.3) is 0 Å². The van der Waals surface area contributed by atoms with Gasteiger partial charge in [0.2, 0.25) is 11.8 Å². The summed E-state index contributed by atoms with van der Waals surface area (Å²) in [5.74, 6) is -0.520. The molecule has 0 unspecified atom stereocenters. The number of amides is 2. The van der Waals surface area contributed by atoms with Crippen LogP contribution in [0.3, 0.4) is 0 Å². The Balaban J connectivity index is 1.62. The Morgan fingerprint density at radius 2 is 1.79 bits per heavy atom. The largest absolute Gasteiger partial charge is 0.345 e. The molecule has 0 fully saturated rings. The molecule has 180 valence electrons. The molecule has 0 spiro atoms. The summed E-state index contributed by atoms with van der Waals surface area (Å²) in [7, 11) is 0. The van der Waals surface area contributed by atoms with Crippen molar-refractivity contribution in [2.75, 3.05) is 6.54 Å². The number of aromatic nitrogens is 2. The lowest BCUT2D eigenvalue weighted by molar-refractivity contribution is -0.136. The minimum atomic E-state index is -1.00. The van der Waals surface area contributed by atoms with Crippen molar-refractivity contribution in [1.82, 2.24) is 20.2 Å². The summed E-state index contributed by atoms with van der Waals surface area (Å²) < 4.78 is 14.0. The molecule has 8 heteroatoms. The molecule has 3 aromatic rings. The Morgan fingerprint density at radius 1 is 1.12 bits per heavy atom. The molecular formula is C26H32FN5O2. The van der Waals surface area contributed by atoms with Gasteiger partial charge in [-0.2, -0.15) is 0 Å². The van der Waals surface area contributed by atoms with Crippen LogP contribution < -0.4 is 11.1 Å². The fourth-order valence-corrected chi connectivity index (χ4v) is 4.04. The molecule has 3 rings (SSSR count). The lowest BCUT2D eigenvalue weighted by atomic mass is 10.0. The molecule has 0 aliphatic rings. The third-order valence-corrected chi connectivity index (χ3v) is 5.87. The molecule has 0 bridgehead atoms. The van der Waals surface area contributed by atoms with E-state index in [0.29, 0.717) is 23.6 Å². The maximum absolute atomic E-state index is 14.0. The van der Waals surface area contributed by atoms with Gasteiger partial charge in [0.1, 0.15) is 11.6 Å². The summed E-state index contributed by atoms with van der Waals surface area (Å²) in [6.07, 6.45) is 2.17. The number of nitrogens with zero attached hydrogens (tertiary/aromatic N) is 2. The second kappa shape index (κ2) is 11.6. The number of hydrogen-bond acceptors (Lipinski definition) is 4. The second-order valence-corrected chi connectivity index (χ2v) is 8.22. The molecule has 4 N–H and O–H groups in total. The average molecular weight is 466 g/mol. The van der Waals surface area contributed by atoms with Crippen LogP contribution in [0.1, 0.15) is 57.1 Å². The van der Waals surface area contributed by atoms with Gasteiger partial charge in [-0.1, -0.05) is 49.4 Å².